The Labute approximate surface area is 169 Å². The second kappa shape index (κ2) is 8.73. The van der Waals surface area contributed by atoms with E-state index in [0.29, 0.717) is 31.9 Å². The van der Waals surface area contributed by atoms with Crippen molar-refractivity contribution in [1.29, 1.82) is 0 Å². The number of aliphatic hydroxyl groups is 1. The lowest BCUT2D eigenvalue weighted by molar-refractivity contribution is 0.0903. The van der Waals surface area contributed by atoms with Gasteiger partial charge in [-0.05, 0) is 30.3 Å². The molecule has 0 radical (unpaired) electrons. The second-order valence-electron chi connectivity index (χ2n) is 7.12. The van der Waals surface area contributed by atoms with Gasteiger partial charge in [-0.3, -0.25) is 9.69 Å². The van der Waals surface area contributed by atoms with Crippen LogP contribution in [0.3, 0.4) is 0 Å². The summed E-state index contributed by atoms with van der Waals surface area (Å²) in [6, 6.07) is 13.5. The fourth-order valence-electron chi connectivity index (χ4n) is 3.73. The molecule has 29 heavy (non-hydrogen) atoms. The molecular formula is C22H25N3O4. The number of benzene rings is 2. The van der Waals surface area contributed by atoms with Crippen molar-refractivity contribution in [2.75, 3.05) is 33.5 Å². The van der Waals surface area contributed by atoms with E-state index in [2.05, 4.69) is 15.5 Å². The van der Waals surface area contributed by atoms with Crippen LogP contribution in [-0.4, -0.2) is 58.8 Å². The van der Waals surface area contributed by atoms with E-state index in [0.717, 1.165) is 41.3 Å². The second-order valence-corrected chi connectivity index (χ2v) is 7.12. The lowest BCUT2D eigenvalue weighted by Gasteiger charge is -2.20. The van der Waals surface area contributed by atoms with Gasteiger partial charge in [0.25, 0.3) is 0 Å². The third kappa shape index (κ3) is 4.17. The molecule has 152 valence electrons. The van der Waals surface area contributed by atoms with Crippen molar-refractivity contribution in [3.63, 3.8) is 0 Å². The summed E-state index contributed by atoms with van der Waals surface area (Å²) < 4.78 is 13.4. The number of rotatable bonds is 7. The van der Waals surface area contributed by atoms with Crippen molar-refractivity contribution in [2.24, 2.45) is 0 Å². The molecule has 0 unspecified atom stereocenters. The number of aliphatic hydroxyl groups excluding tert-OH is 1. The van der Waals surface area contributed by atoms with Crippen LogP contribution >= 0.6 is 0 Å². The average Bonchev–Trinajstić information content (AvgIpc) is 2.95. The predicted octanol–water partition coefficient (Wildman–Crippen LogP) is 2.25. The number of hydrogen-bond acceptors (Lipinski definition) is 6. The highest BCUT2D eigenvalue weighted by Crippen LogP contribution is 2.26. The van der Waals surface area contributed by atoms with Gasteiger partial charge in [0.15, 0.2) is 5.78 Å². The zero-order chi connectivity index (χ0) is 20.2. The van der Waals surface area contributed by atoms with Crippen molar-refractivity contribution in [2.45, 2.75) is 19.6 Å². The van der Waals surface area contributed by atoms with Gasteiger partial charge in [0.2, 0.25) is 0 Å². The number of aromatic nitrogens is 2. The highest BCUT2D eigenvalue weighted by molar-refractivity contribution is 5.97. The smallest absolute Gasteiger partial charge is 0.188 e. The molecule has 0 amide bonds. The van der Waals surface area contributed by atoms with Crippen molar-refractivity contribution in [3.05, 3.63) is 59.4 Å². The van der Waals surface area contributed by atoms with Crippen LogP contribution in [0.5, 0.6) is 5.75 Å². The molecule has 1 aromatic heterocycles. The molecule has 7 heteroatoms. The lowest BCUT2D eigenvalue weighted by atomic mass is 10.1. The van der Waals surface area contributed by atoms with Gasteiger partial charge in [-0.2, -0.15) is 0 Å². The molecule has 0 aliphatic carbocycles. The van der Waals surface area contributed by atoms with Crippen LogP contribution in [0.1, 0.15) is 21.7 Å². The molecule has 1 aliphatic heterocycles. The fraction of sp³-hybridized carbons (Fsp3) is 0.364. The normalized spacial score (nSPS) is 14.4. The van der Waals surface area contributed by atoms with Crippen LogP contribution in [0.25, 0.3) is 11.0 Å². The van der Waals surface area contributed by atoms with Gasteiger partial charge in [-0.15, -0.1) is 0 Å². The van der Waals surface area contributed by atoms with E-state index < -0.39 is 6.61 Å². The number of imidazole rings is 1. The van der Waals surface area contributed by atoms with E-state index in [1.54, 1.807) is 13.2 Å². The first-order chi connectivity index (χ1) is 14.2. The number of fused-ring (bicyclic) bond motifs is 2. The number of ketones is 1. The zero-order valence-electron chi connectivity index (χ0n) is 16.5. The number of carbonyl (C=O) groups excluding carboxylic acids is 1. The van der Waals surface area contributed by atoms with E-state index in [1.807, 2.05) is 30.3 Å². The Balaban J connectivity index is 1.61. The van der Waals surface area contributed by atoms with E-state index in [1.165, 1.54) is 0 Å². The van der Waals surface area contributed by atoms with Gasteiger partial charge >= 0.3 is 0 Å². The van der Waals surface area contributed by atoms with Crippen molar-refractivity contribution < 1.29 is 19.4 Å². The van der Waals surface area contributed by atoms with Gasteiger partial charge in [-0.25, -0.2) is 4.98 Å². The number of nitrogens with zero attached hydrogens (tertiary/aromatic N) is 3. The predicted molar refractivity (Wildman–Crippen MR) is 109 cm³/mol. The minimum Gasteiger partial charge on any atom is -0.492 e. The summed E-state index contributed by atoms with van der Waals surface area (Å²) >= 11 is 0. The Hall–Kier alpha value is -2.74. The van der Waals surface area contributed by atoms with Crippen LogP contribution < -0.4 is 4.74 Å². The third-order valence-electron chi connectivity index (χ3n) is 5.20. The number of Topliss-reactive ketones (excluding diaryl/α,β-unsaturated/α-hetero) is 1. The molecule has 0 spiro atoms. The van der Waals surface area contributed by atoms with Gasteiger partial charge in [0.05, 0.1) is 24.2 Å². The molecule has 0 atom stereocenters. The van der Waals surface area contributed by atoms with Crippen LogP contribution in [0, 0.1) is 0 Å². The first kappa shape index (κ1) is 19.6. The molecule has 3 aromatic rings. The van der Waals surface area contributed by atoms with Gasteiger partial charge in [-0.1, -0.05) is 12.1 Å². The molecular weight excluding hydrogens is 370 g/mol. The Morgan fingerprint density at radius 3 is 2.97 bits per heavy atom. The minimum absolute atomic E-state index is 0.287. The zero-order valence-corrected chi connectivity index (χ0v) is 16.5. The summed E-state index contributed by atoms with van der Waals surface area (Å²) in [6.07, 6.45) is 0. The molecule has 0 saturated carbocycles. The van der Waals surface area contributed by atoms with Crippen LogP contribution in [0.2, 0.25) is 0 Å². The van der Waals surface area contributed by atoms with Gasteiger partial charge in [0.1, 0.15) is 24.8 Å². The highest BCUT2D eigenvalue weighted by atomic mass is 16.5. The maximum absolute atomic E-state index is 11.9. The molecule has 0 fully saturated rings. The maximum atomic E-state index is 11.9. The monoisotopic (exact) mass is 395 g/mol. The number of carbonyl (C=O) groups is 1. The summed E-state index contributed by atoms with van der Waals surface area (Å²) in [5.74, 6) is 1.48. The molecule has 0 saturated heterocycles. The first-order valence-electron chi connectivity index (χ1n) is 9.75. The first-order valence-corrected chi connectivity index (χ1v) is 9.75. The van der Waals surface area contributed by atoms with Crippen LogP contribution in [0.4, 0.5) is 0 Å². The summed E-state index contributed by atoms with van der Waals surface area (Å²) in [7, 11) is 1.70. The summed E-state index contributed by atoms with van der Waals surface area (Å²) in [4.78, 5) is 19.0. The molecule has 1 N–H and O–H groups in total. The quantitative estimate of drug-likeness (QED) is 0.619. The van der Waals surface area contributed by atoms with Crippen molar-refractivity contribution >= 4 is 16.8 Å². The largest absolute Gasteiger partial charge is 0.492 e. The van der Waals surface area contributed by atoms with Crippen LogP contribution in [0.15, 0.2) is 42.5 Å². The Morgan fingerprint density at radius 2 is 2.14 bits per heavy atom. The molecule has 7 nitrogen and oxygen atoms in total. The average molecular weight is 395 g/mol. The summed E-state index contributed by atoms with van der Waals surface area (Å²) in [5, 5.41) is 9.15. The third-order valence-corrected chi connectivity index (χ3v) is 5.20. The van der Waals surface area contributed by atoms with Crippen molar-refractivity contribution in [3.8, 4) is 5.75 Å². The van der Waals surface area contributed by atoms with Crippen molar-refractivity contribution in [1.82, 2.24) is 14.5 Å². The van der Waals surface area contributed by atoms with Gasteiger partial charge in [0, 0.05) is 37.9 Å². The van der Waals surface area contributed by atoms with Crippen LogP contribution in [-0.2, 0) is 24.4 Å². The van der Waals surface area contributed by atoms with E-state index in [9.17, 15) is 4.79 Å². The number of ether oxygens (including phenoxy) is 2. The topological polar surface area (TPSA) is 76.8 Å². The van der Waals surface area contributed by atoms with E-state index in [-0.39, 0.29) is 5.78 Å². The molecule has 0 bridgehead atoms. The maximum Gasteiger partial charge on any atom is 0.188 e. The molecule has 2 heterocycles. The number of para-hydroxylation sites is 2. The number of methoxy groups -OCH3 is 1. The fourth-order valence-corrected chi connectivity index (χ4v) is 3.73. The summed E-state index contributed by atoms with van der Waals surface area (Å²) in [5.41, 5.74) is 3.52. The van der Waals surface area contributed by atoms with Gasteiger partial charge < -0.3 is 19.1 Å². The standard InChI is InChI=1S/C22H25N3O4/c1-28-10-9-25-19-5-3-2-4-18(19)23-22(25)14-24-8-11-29-21-7-6-16(20(27)15-26)12-17(21)13-24/h2-7,12,26H,8-11,13-15H2,1H3. The Bertz CT molecular complexity index is 1010. The van der Waals surface area contributed by atoms with E-state index >= 15 is 0 Å². The molecule has 1 aliphatic rings. The van der Waals surface area contributed by atoms with E-state index in [4.69, 9.17) is 19.6 Å². The highest BCUT2D eigenvalue weighted by Gasteiger charge is 2.20. The lowest BCUT2D eigenvalue weighted by Crippen LogP contribution is -2.27. The molecule has 4 rings (SSSR count). The minimum atomic E-state index is -0.493. The number of hydrogen-bond donors (Lipinski definition) is 1. The molecule has 2 aromatic carbocycles. The SMILES string of the molecule is COCCn1c(CN2CCOc3ccc(C(=O)CO)cc3C2)nc2ccccc21. The Kier molecular flexibility index (Phi) is 5.89. The summed E-state index contributed by atoms with van der Waals surface area (Å²) in [6.45, 7) is 3.50. The Morgan fingerprint density at radius 1 is 1.28 bits per heavy atom.